The maximum atomic E-state index is 4.63. The number of fused-ring (bicyclic) bond motifs is 2. The molecule has 0 aliphatic carbocycles. The van der Waals surface area contributed by atoms with E-state index in [0.29, 0.717) is 0 Å². The Hall–Kier alpha value is -3.07. The van der Waals surface area contributed by atoms with Crippen LogP contribution < -0.4 is 5.32 Å². The van der Waals surface area contributed by atoms with Crippen molar-refractivity contribution in [3.8, 4) is 11.1 Å². The van der Waals surface area contributed by atoms with E-state index in [-0.39, 0.29) is 0 Å². The zero-order chi connectivity index (χ0) is 16.8. The standard InChI is InChI=1S/C22H19N3/c1-14-21(22-23-11-12-24-22)19-13-16(9-10-20(19)25-14)18-8-4-6-15-5-2-3-7-17(15)18/h2-10,13,25H,11-12H2,1H3,(H,23,24). The molecule has 0 amide bonds. The van der Waals surface area contributed by atoms with Crippen LogP contribution in [0.1, 0.15) is 11.3 Å². The average molecular weight is 325 g/mol. The summed E-state index contributed by atoms with van der Waals surface area (Å²) < 4.78 is 0. The Morgan fingerprint density at radius 3 is 2.68 bits per heavy atom. The van der Waals surface area contributed by atoms with E-state index in [1.807, 2.05) is 0 Å². The number of aryl methyl sites for hydroxylation is 1. The van der Waals surface area contributed by atoms with Gasteiger partial charge in [-0.2, -0.15) is 0 Å². The second kappa shape index (κ2) is 5.49. The normalized spacial score (nSPS) is 14.0. The minimum Gasteiger partial charge on any atom is -0.368 e. The van der Waals surface area contributed by atoms with Gasteiger partial charge in [0.1, 0.15) is 5.84 Å². The summed E-state index contributed by atoms with van der Waals surface area (Å²) in [6.07, 6.45) is 0. The number of hydrogen-bond acceptors (Lipinski definition) is 2. The Morgan fingerprint density at radius 2 is 1.80 bits per heavy atom. The molecular formula is C22H19N3. The van der Waals surface area contributed by atoms with Crippen LogP contribution in [0.2, 0.25) is 0 Å². The molecule has 0 radical (unpaired) electrons. The molecule has 5 rings (SSSR count). The largest absolute Gasteiger partial charge is 0.368 e. The molecule has 25 heavy (non-hydrogen) atoms. The van der Waals surface area contributed by atoms with Gasteiger partial charge in [0.15, 0.2) is 0 Å². The highest BCUT2D eigenvalue weighted by Gasteiger charge is 2.17. The van der Waals surface area contributed by atoms with Crippen LogP contribution in [0, 0.1) is 6.92 Å². The lowest BCUT2D eigenvalue weighted by Gasteiger charge is -2.08. The highest BCUT2D eigenvalue weighted by molar-refractivity contribution is 6.12. The van der Waals surface area contributed by atoms with Crippen molar-refractivity contribution in [1.82, 2.24) is 10.3 Å². The minimum atomic E-state index is 0.852. The number of H-pyrrole nitrogens is 1. The number of nitrogens with zero attached hydrogens (tertiary/aromatic N) is 1. The van der Waals surface area contributed by atoms with Gasteiger partial charge in [-0.05, 0) is 41.0 Å². The van der Waals surface area contributed by atoms with Crippen molar-refractivity contribution in [2.75, 3.05) is 13.1 Å². The van der Waals surface area contributed by atoms with Crippen LogP contribution in [-0.4, -0.2) is 23.9 Å². The van der Waals surface area contributed by atoms with Gasteiger partial charge in [-0.15, -0.1) is 0 Å². The first kappa shape index (κ1) is 14.3. The molecule has 1 aliphatic rings. The zero-order valence-electron chi connectivity index (χ0n) is 14.1. The maximum Gasteiger partial charge on any atom is 0.130 e. The topological polar surface area (TPSA) is 40.2 Å². The van der Waals surface area contributed by atoms with Gasteiger partial charge in [0.25, 0.3) is 0 Å². The molecule has 0 bridgehead atoms. The molecule has 0 saturated carbocycles. The molecule has 0 fully saturated rings. The van der Waals surface area contributed by atoms with Crippen molar-refractivity contribution in [3.05, 3.63) is 71.9 Å². The fraction of sp³-hybridized carbons (Fsp3) is 0.136. The third-order valence-electron chi connectivity index (χ3n) is 5.00. The van der Waals surface area contributed by atoms with Crippen LogP contribution in [0.25, 0.3) is 32.8 Å². The summed E-state index contributed by atoms with van der Waals surface area (Å²) in [5, 5.41) is 7.20. The summed E-state index contributed by atoms with van der Waals surface area (Å²) >= 11 is 0. The molecule has 0 saturated heterocycles. The average Bonchev–Trinajstić information content (AvgIpc) is 3.27. The Balaban J connectivity index is 1.76. The minimum absolute atomic E-state index is 0.852. The van der Waals surface area contributed by atoms with Crippen LogP contribution in [0.3, 0.4) is 0 Å². The monoisotopic (exact) mass is 325 g/mol. The van der Waals surface area contributed by atoms with Gasteiger partial charge in [-0.1, -0.05) is 48.5 Å². The second-order valence-corrected chi connectivity index (χ2v) is 6.57. The summed E-state index contributed by atoms with van der Waals surface area (Å²) in [4.78, 5) is 8.13. The number of aromatic nitrogens is 1. The molecule has 1 aliphatic heterocycles. The Morgan fingerprint density at radius 1 is 0.920 bits per heavy atom. The number of hydrogen-bond donors (Lipinski definition) is 2. The highest BCUT2D eigenvalue weighted by atomic mass is 15.1. The van der Waals surface area contributed by atoms with Crippen molar-refractivity contribution in [2.45, 2.75) is 6.92 Å². The van der Waals surface area contributed by atoms with Crippen LogP contribution in [0.4, 0.5) is 0 Å². The van der Waals surface area contributed by atoms with Gasteiger partial charge < -0.3 is 10.3 Å². The predicted octanol–water partition coefficient (Wildman–Crippen LogP) is 4.65. The van der Waals surface area contributed by atoms with Crippen molar-refractivity contribution in [2.24, 2.45) is 4.99 Å². The van der Waals surface area contributed by atoms with E-state index in [2.05, 4.69) is 82.9 Å². The van der Waals surface area contributed by atoms with Gasteiger partial charge in [0, 0.05) is 28.7 Å². The molecule has 3 nitrogen and oxygen atoms in total. The third-order valence-corrected chi connectivity index (χ3v) is 5.00. The lowest BCUT2D eigenvalue weighted by atomic mass is 9.96. The van der Waals surface area contributed by atoms with Crippen LogP contribution >= 0.6 is 0 Å². The number of nitrogens with one attached hydrogen (secondary N) is 2. The highest BCUT2D eigenvalue weighted by Crippen LogP contribution is 2.32. The van der Waals surface area contributed by atoms with E-state index in [1.165, 1.54) is 38.5 Å². The van der Waals surface area contributed by atoms with Crippen LogP contribution in [0.15, 0.2) is 65.7 Å². The molecule has 4 aromatic rings. The third kappa shape index (κ3) is 2.23. The first-order valence-corrected chi connectivity index (χ1v) is 8.70. The summed E-state index contributed by atoms with van der Waals surface area (Å²) in [7, 11) is 0. The second-order valence-electron chi connectivity index (χ2n) is 6.57. The van der Waals surface area contributed by atoms with Gasteiger partial charge in [0.05, 0.1) is 6.54 Å². The summed E-state index contributed by atoms with van der Waals surface area (Å²) in [6.45, 7) is 3.89. The summed E-state index contributed by atoms with van der Waals surface area (Å²) in [5.74, 6) is 1.01. The summed E-state index contributed by atoms with van der Waals surface area (Å²) in [6, 6.07) is 21.7. The van der Waals surface area contributed by atoms with Gasteiger partial charge in [-0.3, -0.25) is 4.99 Å². The smallest absolute Gasteiger partial charge is 0.130 e. The van der Waals surface area contributed by atoms with E-state index in [9.17, 15) is 0 Å². The van der Waals surface area contributed by atoms with Crippen molar-refractivity contribution in [1.29, 1.82) is 0 Å². The number of aliphatic imine (C=N–C) groups is 1. The van der Waals surface area contributed by atoms with Gasteiger partial charge in [-0.25, -0.2) is 0 Å². The van der Waals surface area contributed by atoms with Crippen molar-refractivity contribution >= 4 is 27.5 Å². The first-order chi connectivity index (χ1) is 12.3. The lowest BCUT2D eigenvalue weighted by Crippen LogP contribution is -2.19. The van der Waals surface area contributed by atoms with Gasteiger partial charge in [0.2, 0.25) is 0 Å². The van der Waals surface area contributed by atoms with Crippen molar-refractivity contribution in [3.63, 3.8) is 0 Å². The van der Waals surface area contributed by atoms with E-state index in [1.54, 1.807) is 0 Å². The quantitative estimate of drug-likeness (QED) is 0.553. The Labute approximate surface area is 146 Å². The molecule has 2 N–H and O–H groups in total. The van der Waals surface area contributed by atoms with E-state index < -0.39 is 0 Å². The van der Waals surface area contributed by atoms with E-state index in [0.717, 1.165) is 24.4 Å². The molecule has 1 aromatic heterocycles. The predicted molar refractivity (Wildman–Crippen MR) is 105 cm³/mol. The van der Waals surface area contributed by atoms with Gasteiger partial charge >= 0.3 is 0 Å². The summed E-state index contributed by atoms with van der Waals surface area (Å²) in [5.41, 5.74) is 6.04. The molecule has 3 aromatic carbocycles. The number of benzene rings is 3. The molecule has 0 atom stereocenters. The fourth-order valence-corrected chi connectivity index (χ4v) is 3.84. The Kier molecular flexibility index (Phi) is 3.14. The molecular weight excluding hydrogens is 306 g/mol. The van der Waals surface area contributed by atoms with E-state index >= 15 is 0 Å². The molecule has 3 heteroatoms. The molecule has 0 unspecified atom stereocenters. The fourth-order valence-electron chi connectivity index (χ4n) is 3.84. The number of rotatable bonds is 2. The molecule has 0 spiro atoms. The zero-order valence-corrected chi connectivity index (χ0v) is 14.1. The first-order valence-electron chi connectivity index (χ1n) is 8.70. The van der Waals surface area contributed by atoms with E-state index in [4.69, 9.17) is 0 Å². The lowest BCUT2D eigenvalue weighted by molar-refractivity contribution is 0.960. The number of amidine groups is 1. The number of aromatic amines is 1. The molecule has 122 valence electrons. The van der Waals surface area contributed by atoms with Crippen molar-refractivity contribution < 1.29 is 0 Å². The van der Waals surface area contributed by atoms with Crippen LogP contribution in [-0.2, 0) is 0 Å². The molecule has 2 heterocycles. The SMILES string of the molecule is Cc1[nH]c2ccc(-c3cccc4ccccc34)cc2c1C1=NCCN1. The van der Waals surface area contributed by atoms with Crippen LogP contribution in [0.5, 0.6) is 0 Å². The Bertz CT molecular complexity index is 1130. The maximum absolute atomic E-state index is 4.63.